The molecule has 5 heterocycles. The molecule has 4 saturated heterocycles. The van der Waals surface area contributed by atoms with Crippen LogP contribution >= 0.6 is 0 Å². The standard InChI is InChI=1S/C15H19N3O10/c16-12-17-10-6-7-13(23,3-19)8-9(25-5(22)2-1-4(20)21)14(6,18-12)11(26-10)15(24,27-7)28-8/h6-11,19,23-24H,1-3H2,(H,20,21)(H3,16,17,18)/t6?,7?,8?,9-,10?,11?,13+,14-,15?/m1/s1. The summed E-state index contributed by atoms with van der Waals surface area (Å²) >= 11 is 0. The fourth-order valence-electron chi connectivity index (χ4n) is 5.18. The number of carbonyl (C=O) groups is 2. The normalized spacial score (nSPS) is 52.2. The minimum Gasteiger partial charge on any atom is -0.481 e. The van der Waals surface area contributed by atoms with Crippen molar-refractivity contribution in [2.24, 2.45) is 16.6 Å². The molecule has 6 rings (SSSR count). The Hall–Kier alpha value is -2.03. The lowest BCUT2D eigenvalue weighted by molar-refractivity contribution is -0.529. The molecule has 7 bridgehead atoms. The summed E-state index contributed by atoms with van der Waals surface area (Å²) in [5.74, 6) is -5.10. The smallest absolute Gasteiger partial charge is 0.311 e. The molecule has 0 amide bonds. The molecule has 0 aromatic heterocycles. The largest absolute Gasteiger partial charge is 0.481 e. The third-order valence-corrected chi connectivity index (χ3v) is 6.21. The first-order chi connectivity index (χ1) is 13.2. The fraction of sp³-hybridized carbons (Fsp3) is 0.800. The van der Waals surface area contributed by atoms with Gasteiger partial charge in [0.25, 0.3) is 0 Å². The first kappa shape index (κ1) is 18.0. The van der Waals surface area contributed by atoms with Gasteiger partial charge in [-0.2, -0.15) is 0 Å². The lowest BCUT2D eigenvalue weighted by Gasteiger charge is -2.68. The van der Waals surface area contributed by atoms with Gasteiger partial charge in [-0.15, -0.1) is 0 Å². The molecule has 13 nitrogen and oxygen atoms in total. The summed E-state index contributed by atoms with van der Waals surface area (Å²) in [5.41, 5.74) is 2.48. The van der Waals surface area contributed by atoms with Crippen LogP contribution in [-0.4, -0.2) is 92.7 Å². The molecule has 0 radical (unpaired) electrons. The third kappa shape index (κ3) is 1.93. The van der Waals surface area contributed by atoms with Crippen LogP contribution in [0.3, 0.4) is 0 Å². The van der Waals surface area contributed by atoms with E-state index in [2.05, 4.69) is 10.3 Å². The number of hydrogen-bond donors (Lipinski definition) is 6. The van der Waals surface area contributed by atoms with Gasteiger partial charge >= 0.3 is 17.9 Å². The number of nitrogens with one attached hydrogen (secondary N) is 1. The van der Waals surface area contributed by atoms with Crippen molar-refractivity contribution in [3.63, 3.8) is 0 Å². The van der Waals surface area contributed by atoms with Gasteiger partial charge in [0.2, 0.25) is 0 Å². The van der Waals surface area contributed by atoms with Crippen molar-refractivity contribution < 1.29 is 49.0 Å². The number of aliphatic hydroxyl groups is 3. The van der Waals surface area contributed by atoms with E-state index >= 15 is 0 Å². The van der Waals surface area contributed by atoms with E-state index in [1.54, 1.807) is 0 Å². The van der Waals surface area contributed by atoms with E-state index in [0.717, 1.165) is 0 Å². The van der Waals surface area contributed by atoms with E-state index in [1.165, 1.54) is 0 Å². The van der Waals surface area contributed by atoms with Crippen molar-refractivity contribution in [3.05, 3.63) is 0 Å². The van der Waals surface area contributed by atoms with Gasteiger partial charge in [0.1, 0.15) is 23.3 Å². The number of nitrogens with zero attached hydrogens (tertiary/aromatic N) is 1. The van der Waals surface area contributed by atoms with E-state index in [1.807, 2.05) is 0 Å². The molecule has 0 aromatic carbocycles. The average molecular weight is 401 g/mol. The van der Waals surface area contributed by atoms with E-state index < -0.39 is 85.1 Å². The summed E-state index contributed by atoms with van der Waals surface area (Å²) in [6.07, 6.45) is -6.81. The van der Waals surface area contributed by atoms with Crippen LogP contribution in [0.5, 0.6) is 0 Å². The van der Waals surface area contributed by atoms with Gasteiger partial charge in [0.15, 0.2) is 24.4 Å². The minimum atomic E-state index is -2.28. The summed E-state index contributed by atoms with van der Waals surface area (Å²) in [7, 11) is 0. The maximum Gasteiger partial charge on any atom is 0.311 e. The molecule has 1 spiro atoms. The van der Waals surface area contributed by atoms with Crippen LogP contribution in [0, 0.1) is 5.92 Å². The highest BCUT2D eigenvalue weighted by Crippen LogP contribution is 2.64. The van der Waals surface area contributed by atoms with E-state index in [-0.39, 0.29) is 5.96 Å². The topological polar surface area (TPSA) is 202 Å². The van der Waals surface area contributed by atoms with E-state index in [4.69, 9.17) is 29.8 Å². The summed E-state index contributed by atoms with van der Waals surface area (Å²) in [6, 6.07) is 0. The predicted molar refractivity (Wildman–Crippen MR) is 83.1 cm³/mol. The SMILES string of the molecule is NC1=NC2OC3C4(O)OC5C2[C@@]3(N1)[C@H](OC(=O)CCC(=O)O)C(O4)[C@]5(O)CO. The Balaban J connectivity index is 1.59. The van der Waals surface area contributed by atoms with Gasteiger partial charge < -0.3 is 50.4 Å². The highest BCUT2D eigenvalue weighted by Gasteiger charge is 2.88. The van der Waals surface area contributed by atoms with E-state index in [0.29, 0.717) is 0 Å². The van der Waals surface area contributed by atoms with Crippen molar-refractivity contribution >= 4 is 17.9 Å². The van der Waals surface area contributed by atoms with Gasteiger partial charge in [0.05, 0.1) is 25.4 Å². The molecule has 28 heavy (non-hydrogen) atoms. The number of aliphatic hydroxyl groups excluding tert-OH is 1. The maximum atomic E-state index is 12.3. The highest BCUT2D eigenvalue weighted by molar-refractivity contribution is 5.81. The van der Waals surface area contributed by atoms with E-state index in [9.17, 15) is 24.9 Å². The van der Waals surface area contributed by atoms with Gasteiger partial charge in [0, 0.05) is 0 Å². The van der Waals surface area contributed by atoms with Crippen LogP contribution in [0.2, 0.25) is 0 Å². The number of nitrogens with two attached hydrogens (primary N) is 1. The molecule has 13 heteroatoms. The quantitative estimate of drug-likeness (QED) is 0.244. The Labute approximate surface area is 157 Å². The average Bonchev–Trinajstić information content (AvgIpc) is 2.77. The number of carboxylic acids is 1. The molecule has 0 aromatic rings. The molecule has 6 unspecified atom stereocenters. The van der Waals surface area contributed by atoms with Crippen LogP contribution in [0.4, 0.5) is 0 Å². The zero-order chi connectivity index (χ0) is 20.1. The fourth-order valence-corrected chi connectivity index (χ4v) is 5.18. The first-order valence-corrected chi connectivity index (χ1v) is 8.75. The van der Waals surface area contributed by atoms with Crippen LogP contribution in [0.1, 0.15) is 12.8 Å². The second-order valence-corrected chi connectivity index (χ2v) is 7.67. The zero-order valence-corrected chi connectivity index (χ0v) is 14.3. The monoisotopic (exact) mass is 401 g/mol. The maximum absolute atomic E-state index is 12.3. The second kappa shape index (κ2) is 5.31. The Morgan fingerprint density at radius 1 is 1.25 bits per heavy atom. The zero-order valence-electron chi connectivity index (χ0n) is 14.3. The molecule has 154 valence electrons. The molecule has 6 aliphatic rings. The molecule has 1 aliphatic carbocycles. The Morgan fingerprint density at radius 3 is 2.64 bits per heavy atom. The Bertz CT molecular complexity index is 792. The van der Waals surface area contributed by atoms with Crippen LogP contribution in [-0.2, 0) is 28.5 Å². The number of aliphatic carboxylic acids is 1. The van der Waals surface area contributed by atoms with Crippen LogP contribution < -0.4 is 11.1 Å². The number of ether oxygens (including phenoxy) is 4. The first-order valence-electron chi connectivity index (χ1n) is 8.75. The molecule has 9 atom stereocenters. The number of carbonyl (C=O) groups excluding carboxylic acids is 1. The van der Waals surface area contributed by atoms with Crippen LogP contribution in [0.15, 0.2) is 4.99 Å². The number of rotatable bonds is 5. The number of esters is 1. The minimum absolute atomic E-state index is 0.0200. The van der Waals surface area contributed by atoms with Crippen molar-refractivity contribution in [2.45, 2.75) is 60.6 Å². The second-order valence-electron chi connectivity index (χ2n) is 7.67. The summed E-state index contributed by atoms with van der Waals surface area (Å²) in [4.78, 5) is 27.1. The van der Waals surface area contributed by atoms with Crippen molar-refractivity contribution in [2.75, 3.05) is 6.61 Å². The lowest BCUT2D eigenvalue weighted by atomic mass is 9.56. The summed E-state index contributed by atoms with van der Waals surface area (Å²) in [6.45, 7) is -0.815. The Morgan fingerprint density at radius 2 is 1.96 bits per heavy atom. The van der Waals surface area contributed by atoms with Gasteiger partial charge in [-0.3, -0.25) is 9.59 Å². The number of aliphatic imine (C=N–C) groups is 1. The highest BCUT2D eigenvalue weighted by atomic mass is 16.9. The molecular weight excluding hydrogens is 382 g/mol. The van der Waals surface area contributed by atoms with Crippen molar-refractivity contribution in [3.8, 4) is 0 Å². The van der Waals surface area contributed by atoms with Gasteiger partial charge in [-0.1, -0.05) is 0 Å². The summed E-state index contributed by atoms with van der Waals surface area (Å²) in [5, 5.41) is 43.5. The lowest BCUT2D eigenvalue weighted by Crippen LogP contribution is -2.93. The molecule has 5 fully saturated rings. The predicted octanol–water partition coefficient (Wildman–Crippen LogP) is -4.06. The molecule has 5 aliphatic heterocycles. The number of guanidine groups is 1. The molecule has 7 N–H and O–H groups in total. The van der Waals surface area contributed by atoms with Gasteiger partial charge in [-0.25, -0.2) is 4.99 Å². The number of hydrogen-bond acceptors (Lipinski definition) is 12. The Kier molecular flexibility index (Phi) is 3.42. The number of carboxylic acid groups (broad SMARTS) is 1. The van der Waals surface area contributed by atoms with Gasteiger partial charge in [-0.05, 0) is 0 Å². The van der Waals surface area contributed by atoms with Crippen molar-refractivity contribution in [1.29, 1.82) is 0 Å². The molecular formula is C15H19N3O10. The summed E-state index contributed by atoms with van der Waals surface area (Å²) < 4.78 is 22.3. The third-order valence-electron chi connectivity index (χ3n) is 6.21. The van der Waals surface area contributed by atoms with Crippen molar-refractivity contribution in [1.82, 2.24) is 5.32 Å². The molecule has 1 saturated carbocycles. The van der Waals surface area contributed by atoms with Crippen LogP contribution in [0.25, 0.3) is 0 Å².